The molecule has 0 radical (unpaired) electrons. The van der Waals surface area contributed by atoms with Gasteiger partial charge < -0.3 is 14.8 Å². The number of rotatable bonds is 1. The molecule has 1 aromatic heterocycles. The highest BCUT2D eigenvalue weighted by Crippen LogP contribution is 2.56. The number of allylic oxidation sites excluding steroid dienone is 1. The predicted octanol–water partition coefficient (Wildman–Crippen LogP) is 3.58. The van der Waals surface area contributed by atoms with Crippen molar-refractivity contribution < 1.29 is 9.84 Å². The largest absolute Gasteiger partial charge is 0.508 e. The molecule has 2 aliphatic rings. The molecule has 3 atom stereocenters. The molecule has 4 heteroatoms. The van der Waals surface area contributed by atoms with Crippen molar-refractivity contribution in [2.45, 2.75) is 32.3 Å². The van der Waals surface area contributed by atoms with E-state index in [4.69, 9.17) is 4.74 Å². The molecular weight excluding hydrogens is 290 g/mol. The number of H-pyrrole nitrogens is 1. The molecule has 118 valence electrons. The van der Waals surface area contributed by atoms with Gasteiger partial charge in [0, 0.05) is 17.7 Å². The lowest BCUT2D eigenvalue weighted by Crippen LogP contribution is -2.32. The van der Waals surface area contributed by atoms with E-state index in [-0.39, 0.29) is 23.1 Å². The van der Waals surface area contributed by atoms with Crippen LogP contribution in [0.3, 0.4) is 0 Å². The van der Waals surface area contributed by atoms with Crippen LogP contribution >= 0.6 is 0 Å². The lowest BCUT2D eigenvalue weighted by atomic mass is 9.82. The van der Waals surface area contributed by atoms with Crippen LogP contribution in [0, 0.1) is 5.92 Å². The van der Waals surface area contributed by atoms with E-state index in [0.717, 1.165) is 16.7 Å². The Morgan fingerprint density at radius 1 is 1.26 bits per heavy atom. The van der Waals surface area contributed by atoms with Crippen LogP contribution in [0.4, 0.5) is 0 Å². The number of hydrogen-bond acceptors (Lipinski definition) is 3. The van der Waals surface area contributed by atoms with E-state index in [1.165, 1.54) is 5.57 Å². The van der Waals surface area contributed by atoms with Crippen LogP contribution in [0.15, 0.2) is 46.9 Å². The van der Waals surface area contributed by atoms with Gasteiger partial charge in [-0.3, -0.25) is 4.79 Å². The summed E-state index contributed by atoms with van der Waals surface area (Å²) < 4.78 is 6.30. The highest BCUT2D eigenvalue weighted by Gasteiger charge is 2.52. The number of aromatic hydroxyl groups is 1. The van der Waals surface area contributed by atoms with E-state index in [2.05, 4.69) is 24.9 Å². The van der Waals surface area contributed by atoms with Crippen molar-refractivity contribution >= 4 is 0 Å². The quantitative estimate of drug-likeness (QED) is 0.792. The summed E-state index contributed by atoms with van der Waals surface area (Å²) in [5.41, 5.74) is 3.22. The number of benzene rings is 1. The summed E-state index contributed by atoms with van der Waals surface area (Å²) in [7, 11) is 0. The SMILES string of the molecule is CC1=CC2(C)Oc3c(-c4ccc(O)cc4)c[nH]c(=O)c3C2C1C. The van der Waals surface area contributed by atoms with Gasteiger partial charge in [0.25, 0.3) is 5.56 Å². The topological polar surface area (TPSA) is 62.3 Å². The van der Waals surface area contributed by atoms with Gasteiger partial charge in [-0.1, -0.05) is 24.6 Å². The van der Waals surface area contributed by atoms with Gasteiger partial charge in [-0.05, 0) is 43.5 Å². The smallest absolute Gasteiger partial charge is 0.255 e. The number of pyridine rings is 1. The summed E-state index contributed by atoms with van der Waals surface area (Å²) in [6, 6.07) is 6.93. The zero-order valence-corrected chi connectivity index (χ0v) is 13.4. The molecule has 2 heterocycles. The Hall–Kier alpha value is -2.49. The molecule has 0 bridgehead atoms. The Morgan fingerprint density at radius 2 is 1.96 bits per heavy atom. The normalized spacial score (nSPS) is 28.0. The molecule has 1 aliphatic heterocycles. The van der Waals surface area contributed by atoms with Crippen LogP contribution in [0.25, 0.3) is 11.1 Å². The van der Waals surface area contributed by atoms with E-state index in [1.807, 2.05) is 19.1 Å². The van der Waals surface area contributed by atoms with Gasteiger partial charge >= 0.3 is 0 Å². The van der Waals surface area contributed by atoms with Gasteiger partial charge in [-0.25, -0.2) is 0 Å². The molecule has 2 N–H and O–H groups in total. The maximum Gasteiger partial charge on any atom is 0.255 e. The molecule has 4 rings (SSSR count). The summed E-state index contributed by atoms with van der Waals surface area (Å²) in [4.78, 5) is 15.3. The van der Waals surface area contributed by atoms with E-state index in [9.17, 15) is 9.90 Å². The zero-order valence-electron chi connectivity index (χ0n) is 13.4. The minimum Gasteiger partial charge on any atom is -0.508 e. The zero-order chi connectivity index (χ0) is 16.4. The molecule has 0 spiro atoms. The second-order valence-corrected chi connectivity index (χ2v) is 6.76. The average molecular weight is 309 g/mol. The maximum absolute atomic E-state index is 12.5. The standard InChI is InChI=1S/C19H19NO3/c1-10-8-19(3)16(11(10)2)15-17(23-19)14(9-20-18(15)22)12-4-6-13(21)7-5-12/h4-9,11,16,21H,1-3H3,(H,20,22). The molecule has 0 saturated carbocycles. The fraction of sp³-hybridized carbons (Fsp3) is 0.316. The van der Waals surface area contributed by atoms with Gasteiger partial charge in [0.2, 0.25) is 0 Å². The number of nitrogens with one attached hydrogen (secondary N) is 1. The highest BCUT2D eigenvalue weighted by atomic mass is 16.5. The second kappa shape index (κ2) is 4.51. The Balaban J connectivity index is 1.93. The summed E-state index contributed by atoms with van der Waals surface area (Å²) in [5.74, 6) is 1.20. The lowest BCUT2D eigenvalue weighted by Gasteiger charge is -2.24. The van der Waals surface area contributed by atoms with Crippen molar-refractivity contribution in [1.82, 2.24) is 4.98 Å². The number of ether oxygens (including phenoxy) is 1. The molecule has 0 fully saturated rings. The van der Waals surface area contributed by atoms with Crippen molar-refractivity contribution in [2.24, 2.45) is 5.92 Å². The molecule has 4 nitrogen and oxygen atoms in total. The summed E-state index contributed by atoms with van der Waals surface area (Å²) in [6.07, 6.45) is 3.83. The van der Waals surface area contributed by atoms with Crippen LogP contribution < -0.4 is 10.3 Å². The van der Waals surface area contributed by atoms with Gasteiger partial charge in [0.05, 0.1) is 5.56 Å². The number of aromatic nitrogens is 1. The minimum atomic E-state index is -0.466. The minimum absolute atomic E-state index is 0.0401. The van der Waals surface area contributed by atoms with Crippen LogP contribution in [0.2, 0.25) is 0 Å². The first kappa shape index (κ1) is 14.1. The van der Waals surface area contributed by atoms with Crippen molar-refractivity contribution in [1.29, 1.82) is 0 Å². The van der Waals surface area contributed by atoms with Gasteiger partial charge in [0.1, 0.15) is 17.1 Å². The lowest BCUT2D eigenvalue weighted by molar-refractivity contribution is 0.142. The Morgan fingerprint density at radius 3 is 2.65 bits per heavy atom. The number of hydrogen-bond donors (Lipinski definition) is 2. The van der Waals surface area contributed by atoms with Crippen molar-refractivity contribution in [3.8, 4) is 22.6 Å². The first-order valence-corrected chi connectivity index (χ1v) is 7.84. The number of phenols is 1. The van der Waals surface area contributed by atoms with E-state index < -0.39 is 5.60 Å². The molecular formula is C19H19NO3. The number of fused-ring (bicyclic) bond motifs is 3. The molecule has 23 heavy (non-hydrogen) atoms. The molecule has 2 aromatic rings. The van der Waals surface area contributed by atoms with Crippen LogP contribution in [0.1, 0.15) is 32.3 Å². The molecule has 1 aliphatic carbocycles. The summed E-state index contributed by atoms with van der Waals surface area (Å²) in [5, 5.41) is 9.48. The maximum atomic E-state index is 12.5. The third-order valence-corrected chi connectivity index (χ3v) is 5.24. The summed E-state index contributed by atoms with van der Waals surface area (Å²) in [6.45, 7) is 6.28. The molecule has 0 saturated heterocycles. The monoisotopic (exact) mass is 309 g/mol. The second-order valence-electron chi connectivity index (χ2n) is 6.76. The van der Waals surface area contributed by atoms with E-state index >= 15 is 0 Å². The first-order valence-electron chi connectivity index (χ1n) is 7.84. The number of phenolic OH excluding ortho intramolecular Hbond substituents is 1. The molecule has 1 aromatic carbocycles. The average Bonchev–Trinajstić information content (AvgIpc) is 2.92. The van der Waals surface area contributed by atoms with E-state index in [1.54, 1.807) is 18.3 Å². The van der Waals surface area contributed by atoms with Crippen molar-refractivity contribution in [3.05, 3.63) is 58.0 Å². The summed E-state index contributed by atoms with van der Waals surface area (Å²) >= 11 is 0. The number of aromatic amines is 1. The highest BCUT2D eigenvalue weighted by molar-refractivity contribution is 5.73. The predicted molar refractivity (Wildman–Crippen MR) is 88.9 cm³/mol. The van der Waals surface area contributed by atoms with Crippen LogP contribution in [-0.2, 0) is 0 Å². The molecule has 0 amide bonds. The van der Waals surface area contributed by atoms with Gasteiger partial charge in [-0.2, -0.15) is 0 Å². The van der Waals surface area contributed by atoms with Crippen molar-refractivity contribution in [3.63, 3.8) is 0 Å². The van der Waals surface area contributed by atoms with Gasteiger partial charge in [-0.15, -0.1) is 0 Å². The fourth-order valence-electron chi connectivity index (χ4n) is 4.06. The Bertz CT molecular complexity index is 878. The van der Waals surface area contributed by atoms with Crippen molar-refractivity contribution in [2.75, 3.05) is 0 Å². The molecule has 3 unspecified atom stereocenters. The first-order chi connectivity index (χ1) is 10.9. The Kier molecular flexibility index (Phi) is 2.77. The van der Waals surface area contributed by atoms with E-state index in [0.29, 0.717) is 5.75 Å². The van der Waals surface area contributed by atoms with Crippen LogP contribution in [-0.4, -0.2) is 15.7 Å². The third kappa shape index (κ3) is 1.87. The van der Waals surface area contributed by atoms with Crippen LogP contribution in [0.5, 0.6) is 11.5 Å². The van der Waals surface area contributed by atoms with Gasteiger partial charge in [0.15, 0.2) is 0 Å². The fourth-order valence-corrected chi connectivity index (χ4v) is 4.06. The Labute approximate surface area is 134 Å². The third-order valence-electron chi connectivity index (χ3n) is 5.24.